The van der Waals surface area contributed by atoms with Crippen LogP contribution in [-0.4, -0.2) is 33.4 Å². The van der Waals surface area contributed by atoms with Gasteiger partial charge in [-0.15, -0.1) is 0 Å². The Morgan fingerprint density at radius 2 is 1.66 bits per heavy atom. The van der Waals surface area contributed by atoms with Gasteiger partial charge in [0.15, 0.2) is 0 Å². The van der Waals surface area contributed by atoms with Crippen LogP contribution in [0.25, 0.3) is 0 Å². The topological polar surface area (TPSA) is 92.8 Å². The van der Waals surface area contributed by atoms with E-state index in [0.29, 0.717) is 34.1 Å². The van der Waals surface area contributed by atoms with Gasteiger partial charge in [0.1, 0.15) is 6.54 Å². The van der Waals surface area contributed by atoms with Crippen LogP contribution in [0.1, 0.15) is 35.7 Å². The van der Waals surface area contributed by atoms with Crippen LogP contribution < -0.4 is 9.62 Å². The lowest BCUT2D eigenvalue weighted by Gasteiger charge is -2.26. The molecule has 9 heteroatoms. The molecule has 0 unspecified atom stereocenters. The second-order valence-corrected chi connectivity index (χ2v) is 10.1. The summed E-state index contributed by atoms with van der Waals surface area (Å²) < 4.78 is 33.1. The number of nitrogens with one attached hydrogen (secondary N) is 1. The van der Waals surface area contributed by atoms with Gasteiger partial charge in [-0.1, -0.05) is 49.2 Å². The Labute approximate surface area is 210 Å². The standard InChI is InChI=1S/C26H27ClN2O5S/c1-3-4-17-34-26(31)20-13-15-21(16-14-20)28-25(30)18-29(24-12-8-11-23(27)19(24)2)35(32,33)22-9-6-5-7-10-22/h5-16H,3-4,17-18H2,1-2H3,(H,28,30). The van der Waals surface area contributed by atoms with E-state index in [2.05, 4.69) is 5.32 Å². The third-order valence-electron chi connectivity index (χ3n) is 5.26. The smallest absolute Gasteiger partial charge is 0.338 e. The van der Waals surface area contributed by atoms with E-state index in [0.717, 1.165) is 17.1 Å². The van der Waals surface area contributed by atoms with E-state index in [1.807, 2.05) is 6.92 Å². The lowest BCUT2D eigenvalue weighted by Crippen LogP contribution is -2.38. The molecule has 0 aliphatic rings. The molecule has 1 N–H and O–H groups in total. The summed E-state index contributed by atoms with van der Waals surface area (Å²) in [5.41, 5.74) is 1.62. The number of carbonyl (C=O) groups is 2. The summed E-state index contributed by atoms with van der Waals surface area (Å²) in [5.74, 6) is -0.991. The largest absolute Gasteiger partial charge is 0.462 e. The fourth-order valence-electron chi connectivity index (χ4n) is 3.30. The quantitative estimate of drug-likeness (QED) is 0.287. The van der Waals surface area contributed by atoms with Crippen LogP contribution in [0.2, 0.25) is 5.02 Å². The first kappa shape index (κ1) is 26.2. The van der Waals surface area contributed by atoms with Crippen molar-refractivity contribution in [2.75, 3.05) is 22.8 Å². The summed E-state index contributed by atoms with van der Waals surface area (Å²) in [6.45, 7) is 3.58. The molecular weight excluding hydrogens is 488 g/mol. The SMILES string of the molecule is CCCCOC(=O)c1ccc(NC(=O)CN(c2cccc(Cl)c2C)S(=O)(=O)c2ccccc2)cc1. The fourth-order valence-corrected chi connectivity index (χ4v) is 4.97. The van der Waals surface area contributed by atoms with Crippen molar-refractivity contribution in [1.29, 1.82) is 0 Å². The van der Waals surface area contributed by atoms with Gasteiger partial charge in [-0.2, -0.15) is 0 Å². The zero-order valence-corrected chi connectivity index (χ0v) is 21.1. The number of carbonyl (C=O) groups excluding carboxylic acids is 2. The number of benzene rings is 3. The van der Waals surface area contributed by atoms with Crippen molar-refractivity contribution in [3.63, 3.8) is 0 Å². The molecule has 0 saturated heterocycles. The van der Waals surface area contributed by atoms with E-state index in [-0.39, 0.29) is 4.90 Å². The molecule has 0 saturated carbocycles. The minimum absolute atomic E-state index is 0.0538. The third kappa shape index (κ3) is 6.61. The number of nitrogens with zero attached hydrogens (tertiary/aromatic N) is 1. The van der Waals surface area contributed by atoms with Crippen molar-refractivity contribution in [3.05, 3.63) is 88.9 Å². The highest BCUT2D eigenvalue weighted by atomic mass is 35.5. The van der Waals surface area contributed by atoms with Crippen LogP contribution in [0, 0.1) is 6.92 Å². The molecule has 184 valence electrons. The van der Waals surface area contributed by atoms with E-state index in [1.54, 1.807) is 67.6 Å². The average molecular weight is 515 g/mol. The van der Waals surface area contributed by atoms with Crippen LogP contribution in [-0.2, 0) is 19.6 Å². The molecule has 7 nitrogen and oxygen atoms in total. The maximum absolute atomic E-state index is 13.5. The summed E-state index contributed by atoms with van der Waals surface area (Å²) >= 11 is 6.24. The second kappa shape index (κ2) is 11.9. The molecule has 0 atom stereocenters. The maximum Gasteiger partial charge on any atom is 0.338 e. The number of amides is 1. The lowest BCUT2D eigenvalue weighted by atomic mass is 10.2. The zero-order chi connectivity index (χ0) is 25.4. The van der Waals surface area contributed by atoms with Gasteiger partial charge in [-0.3, -0.25) is 9.10 Å². The Morgan fingerprint density at radius 3 is 2.31 bits per heavy atom. The molecule has 3 aromatic rings. The van der Waals surface area contributed by atoms with Gasteiger partial charge in [0.25, 0.3) is 10.0 Å². The Balaban J connectivity index is 1.81. The van der Waals surface area contributed by atoms with Crippen LogP contribution in [0.5, 0.6) is 0 Å². The van der Waals surface area contributed by atoms with Gasteiger partial charge < -0.3 is 10.1 Å². The van der Waals surface area contributed by atoms with Crippen LogP contribution in [0.4, 0.5) is 11.4 Å². The van der Waals surface area contributed by atoms with Gasteiger partial charge >= 0.3 is 5.97 Å². The van der Waals surface area contributed by atoms with Crippen molar-refractivity contribution < 1.29 is 22.7 Å². The summed E-state index contributed by atoms with van der Waals surface area (Å²) in [6.07, 6.45) is 1.71. The minimum atomic E-state index is -4.06. The molecule has 1 amide bonds. The average Bonchev–Trinajstić information content (AvgIpc) is 2.85. The van der Waals surface area contributed by atoms with Crippen LogP contribution >= 0.6 is 11.6 Å². The number of unbranched alkanes of at least 4 members (excludes halogenated alkanes) is 1. The van der Waals surface area contributed by atoms with Gasteiger partial charge in [0, 0.05) is 10.7 Å². The van der Waals surface area contributed by atoms with Gasteiger partial charge in [0.05, 0.1) is 22.8 Å². The molecule has 3 rings (SSSR count). The molecule has 35 heavy (non-hydrogen) atoms. The normalized spacial score (nSPS) is 11.1. The number of hydrogen-bond donors (Lipinski definition) is 1. The molecule has 0 fully saturated rings. The highest BCUT2D eigenvalue weighted by Crippen LogP contribution is 2.30. The van der Waals surface area contributed by atoms with Crippen molar-refractivity contribution in [2.45, 2.75) is 31.6 Å². The molecule has 0 aliphatic carbocycles. The monoisotopic (exact) mass is 514 g/mol. The highest BCUT2D eigenvalue weighted by Gasteiger charge is 2.28. The number of sulfonamides is 1. The first-order valence-corrected chi connectivity index (χ1v) is 13.0. The summed E-state index contributed by atoms with van der Waals surface area (Å²) in [7, 11) is -4.06. The Bertz CT molecular complexity index is 1280. The van der Waals surface area contributed by atoms with Crippen LogP contribution in [0.15, 0.2) is 77.7 Å². The van der Waals surface area contributed by atoms with Crippen molar-refractivity contribution in [1.82, 2.24) is 0 Å². The van der Waals surface area contributed by atoms with Crippen LogP contribution in [0.3, 0.4) is 0 Å². The zero-order valence-electron chi connectivity index (χ0n) is 19.5. The van der Waals surface area contributed by atoms with Crippen molar-refractivity contribution >= 4 is 44.9 Å². The summed E-state index contributed by atoms with van der Waals surface area (Å²) in [5, 5.41) is 3.07. The van der Waals surface area contributed by atoms with Crippen molar-refractivity contribution in [2.24, 2.45) is 0 Å². The number of esters is 1. The van der Waals surface area contributed by atoms with E-state index in [9.17, 15) is 18.0 Å². The predicted molar refractivity (Wildman–Crippen MR) is 137 cm³/mol. The van der Waals surface area contributed by atoms with E-state index < -0.39 is 28.4 Å². The van der Waals surface area contributed by atoms with Gasteiger partial charge in [-0.05, 0) is 67.4 Å². The Morgan fingerprint density at radius 1 is 0.971 bits per heavy atom. The molecule has 0 bridgehead atoms. The molecular formula is C26H27ClN2O5S. The molecule has 3 aromatic carbocycles. The third-order valence-corrected chi connectivity index (χ3v) is 7.45. The lowest BCUT2D eigenvalue weighted by molar-refractivity contribution is -0.114. The van der Waals surface area contributed by atoms with Gasteiger partial charge in [0.2, 0.25) is 5.91 Å². The van der Waals surface area contributed by atoms with Crippen molar-refractivity contribution in [3.8, 4) is 0 Å². The van der Waals surface area contributed by atoms with E-state index >= 15 is 0 Å². The molecule has 0 heterocycles. The number of anilines is 2. The van der Waals surface area contributed by atoms with E-state index in [1.165, 1.54) is 12.1 Å². The number of halogens is 1. The Hall–Kier alpha value is -3.36. The number of ether oxygens (including phenoxy) is 1. The summed E-state index contributed by atoms with van der Waals surface area (Å²) in [6, 6.07) is 19.0. The fraction of sp³-hybridized carbons (Fsp3) is 0.231. The molecule has 0 spiro atoms. The molecule has 0 radical (unpaired) electrons. The number of rotatable bonds is 10. The Kier molecular flexibility index (Phi) is 8.89. The first-order chi connectivity index (χ1) is 16.7. The first-order valence-electron chi connectivity index (χ1n) is 11.1. The predicted octanol–water partition coefficient (Wildman–Crippen LogP) is 5.44. The highest BCUT2D eigenvalue weighted by molar-refractivity contribution is 7.92. The minimum Gasteiger partial charge on any atom is -0.462 e. The van der Waals surface area contributed by atoms with E-state index in [4.69, 9.17) is 16.3 Å². The molecule has 0 aliphatic heterocycles. The molecule has 0 aromatic heterocycles. The number of hydrogen-bond acceptors (Lipinski definition) is 5. The second-order valence-electron chi connectivity index (χ2n) is 7.82. The van der Waals surface area contributed by atoms with Gasteiger partial charge in [-0.25, -0.2) is 13.2 Å². The maximum atomic E-state index is 13.5. The summed E-state index contributed by atoms with van der Waals surface area (Å²) in [4.78, 5) is 25.0.